The fraction of sp³-hybridized carbons (Fsp3) is 0.417. The SMILES string of the molecule is CC(C)N(Cc1cccs1)c1snc(N)c1S(C)(=O)=O. The van der Waals surface area contributed by atoms with Crippen LogP contribution in [0.5, 0.6) is 0 Å². The number of anilines is 2. The highest BCUT2D eigenvalue weighted by Crippen LogP contribution is 2.36. The van der Waals surface area contributed by atoms with Crippen molar-refractivity contribution in [3.8, 4) is 0 Å². The molecular weight excluding hydrogens is 314 g/mol. The van der Waals surface area contributed by atoms with Gasteiger partial charge in [0.05, 0.1) is 6.54 Å². The molecule has 0 aliphatic rings. The maximum absolute atomic E-state index is 11.9. The highest BCUT2D eigenvalue weighted by molar-refractivity contribution is 7.91. The maximum Gasteiger partial charge on any atom is 0.182 e. The van der Waals surface area contributed by atoms with Gasteiger partial charge in [-0.05, 0) is 36.8 Å². The smallest absolute Gasteiger partial charge is 0.182 e. The van der Waals surface area contributed by atoms with E-state index in [0.29, 0.717) is 11.5 Å². The van der Waals surface area contributed by atoms with Gasteiger partial charge in [0.2, 0.25) is 0 Å². The van der Waals surface area contributed by atoms with Gasteiger partial charge in [0.15, 0.2) is 15.7 Å². The van der Waals surface area contributed by atoms with E-state index in [-0.39, 0.29) is 16.8 Å². The Labute approximate surface area is 127 Å². The van der Waals surface area contributed by atoms with Crippen molar-refractivity contribution in [3.63, 3.8) is 0 Å². The molecule has 0 atom stereocenters. The summed E-state index contributed by atoms with van der Waals surface area (Å²) >= 11 is 2.78. The Bertz CT molecular complexity index is 675. The van der Waals surface area contributed by atoms with Gasteiger partial charge in [-0.2, -0.15) is 4.37 Å². The third-order valence-corrected chi connectivity index (χ3v) is 5.85. The predicted molar refractivity (Wildman–Crippen MR) is 85.3 cm³/mol. The lowest BCUT2D eigenvalue weighted by Gasteiger charge is -2.27. The summed E-state index contributed by atoms with van der Waals surface area (Å²) in [5, 5.41) is 2.63. The highest BCUT2D eigenvalue weighted by Gasteiger charge is 2.26. The Morgan fingerprint density at radius 1 is 1.45 bits per heavy atom. The van der Waals surface area contributed by atoms with Crippen LogP contribution in [0.4, 0.5) is 10.8 Å². The van der Waals surface area contributed by atoms with Gasteiger partial charge in [-0.1, -0.05) is 6.07 Å². The number of sulfone groups is 1. The quantitative estimate of drug-likeness (QED) is 0.911. The van der Waals surface area contributed by atoms with E-state index in [9.17, 15) is 8.42 Å². The summed E-state index contributed by atoms with van der Waals surface area (Å²) in [4.78, 5) is 3.34. The average molecular weight is 331 g/mol. The highest BCUT2D eigenvalue weighted by atomic mass is 32.2. The molecular formula is C12H17N3O2S3. The van der Waals surface area contributed by atoms with Crippen LogP contribution in [-0.2, 0) is 16.4 Å². The molecule has 0 unspecified atom stereocenters. The molecule has 20 heavy (non-hydrogen) atoms. The molecule has 2 N–H and O–H groups in total. The second-order valence-electron chi connectivity index (χ2n) is 4.78. The molecule has 0 saturated heterocycles. The third kappa shape index (κ3) is 3.13. The van der Waals surface area contributed by atoms with Crippen molar-refractivity contribution in [2.24, 2.45) is 0 Å². The van der Waals surface area contributed by atoms with Gasteiger partial charge in [0.25, 0.3) is 0 Å². The molecule has 110 valence electrons. The van der Waals surface area contributed by atoms with Crippen molar-refractivity contribution < 1.29 is 8.42 Å². The number of thiophene rings is 1. The third-order valence-electron chi connectivity index (χ3n) is 2.82. The topological polar surface area (TPSA) is 76.3 Å². The Hall–Kier alpha value is -1.12. The number of nitrogens with two attached hydrogens (primary N) is 1. The average Bonchev–Trinajstić information content (AvgIpc) is 2.93. The number of aromatic nitrogens is 1. The number of rotatable bonds is 5. The Balaban J connectivity index is 2.46. The lowest BCUT2D eigenvalue weighted by molar-refractivity contribution is 0.601. The van der Waals surface area contributed by atoms with Crippen LogP contribution in [0, 0.1) is 0 Å². The molecule has 0 aliphatic heterocycles. The lowest BCUT2D eigenvalue weighted by atomic mass is 10.3. The summed E-state index contributed by atoms with van der Waals surface area (Å²) in [6.07, 6.45) is 1.17. The molecule has 2 aromatic rings. The van der Waals surface area contributed by atoms with Gasteiger partial charge < -0.3 is 10.6 Å². The van der Waals surface area contributed by atoms with Gasteiger partial charge in [-0.25, -0.2) is 8.42 Å². The summed E-state index contributed by atoms with van der Waals surface area (Å²) < 4.78 is 27.9. The monoisotopic (exact) mass is 331 g/mol. The first-order valence-corrected chi connectivity index (χ1v) is 9.59. The molecule has 2 rings (SSSR count). The molecule has 0 spiro atoms. The molecule has 0 aromatic carbocycles. The second kappa shape index (κ2) is 5.71. The van der Waals surface area contributed by atoms with Gasteiger partial charge in [0, 0.05) is 17.2 Å². The number of hydrogen-bond donors (Lipinski definition) is 1. The van der Waals surface area contributed by atoms with Gasteiger partial charge >= 0.3 is 0 Å². The minimum atomic E-state index is -3.39. The van der Waals surface area contributed by atoms with E-state index in [0.717, 1.165) is 11.5 Å². The molecule has 0 radical (unpaired) electrons. The minimum absolute atomic E-state index is 0.0873. The standard InChI is InChI=1S/C12H17N3O2S3/c1-8(2)15(7-9-5-4-6-18-9)12-10(20(3,16)17)11(13)14-19-12/h4-6,8H,7H2,1-3H3,(H2,13,14). The zero-order valence-corrected chi connectivity index (χ0v) is 14.0. The Morgan fingerprint density at radius 3 is 2.65 bits per heavy atom. The lowest BCUT2D eigenvalue weighted by Crippen LogP contribution is -2.30. The Kier molecular flexibility index (Phi) is 4.36. The van der Waals surface area contributed by atoms with Gasteiger partial charge in [-0.3, -0.25) is 0 Å². The van der Waals surface area contributed by atoms with E-state index in [1.807, 2.05) is 36.3 Å². The van der Waals surface area contributed by atoms with E-state index < -0.39 is 9.84 Å². The largest absolute Gasteiger partial charge is 0.382 e. The summed E-state index contributed by atoms with van der Waals surface area (Å²) in [6.45, 7) is 4.70. The summed E-state index contributed by atoms with van der Waals surface area (Å²) in [7, 11) is -3.39. The van der Waals surface area contributed by atoms with Crippen LogP contribution in [0.25, 0.3) is 0 Å². The predicted octanol–water partition coefficient (Wildman–Crippen LogP) is 2.61. The molecule has 0 fully saturated rings. The molecule has 2 aromatic heterocycles. The molecule has 0 amide bonds. The van der Waals surface area contributed by atoms with Crippen LogP contribution >= 0.6 is 22.9 Å². The van der Waals surface area contributed by atoms with Crippen molar-refractivity contribution >= 4 is 43.5 Å². The van der Waals surface area contributed by atoms with E-state index in [1.165, 1.54) is 11.1 Å². The van der Waals surface area contributed by atoms with Gasteiger partial charge in [0.1, 0.15) is 9.90 Å². The van der Waals surface area contributed by atoms with Crippen LogP contribution in [0.15, 0.2) is 22.4 Å². The minimum Gasteiger partial charge on any atom is -0.382 e. The van der Waals surface area contributed by atoms with Crippen LogP contribution in [-0.4, -0.2) is 25.1 Å². The van der Waals surface area contributed by atoms with Crippen molar-refractivity contribution in [3.05, 3.63) is 22.4 Å². The van der Waals surface area contributed by atoms with E-state index >= 15 is 0 Å². The zero-order chi connectivity index (χ0) is 14.9. The summed E-state index contributed by atoms with van der Waals surface area (Å²) in [5.74, 6) is 0.0873. The zero-order valence-electron chi connectivity index (χ0n) is 11.5. The van der Waals surface area contributed by atoms with Crippen LogP contribution in [0.2, 0.25) is 0 Å². The van der Waals surface area contributed by atoms with Crippen LogP contribution in [0.3, 0.4) is 0 Å². The molecule has 2 heterocycles. The first kappa shape index (κ1) is 15.3. The molecule has 0 bridgehead atoms. The van der Waals surface area contributed by atoms with Crippen LogP contribution < -0.4 is 10.6 Å². The number of nitrogens with zero attached hydrogens (tertiary/aromatic N) is 2. The second-order valence-corrected chi connectivity index (χ2v) is 8.51. The van der Waals surface area contributed by atoms with Crippen molar-refractivity contribution in [1.29, 1.82) is 0 Å². The fourth-order valence-corrected chi connectivity index (χ4v) is 4.91. The number of hydrogen-bond acceptors (Lipinski definition) is 7. The molecule has 0 aliphatic carbocycles. The van der Waals surface area contributed by atoms with Crippen molar-refractivity contribution in [2.45, 2.75) is 31.3 Å². The first-order chi connectivity index (χ1) is 9.30. The first-order valence-electron chi connectivity index (χ1n) is 6.05. The van der Waals surface area contributed by atoms with E-state index in [4.69, 9.17) is 5.73 Å². The van der Waals surface area contributed by atoms with E-state index in [2.05, 4.69) is 4.37 Å². The normalized spacial score (nSPS) is 12.0. The Morgan fingerprint density at radius 2 is 2.15 bits per heavy atom. The molecule has 5 nitrogen and oxygen atoms in total. The fourth-order valence-electron chi connectivity index (χ4n) is 1.88. The maximum atomic E-state index is 11.9. The summed E-state index contributed by atoms with van der Waals surface area (Å²) in [6, 6.07) is 4.17. The summed E-state index contributed by atoms with van der Waals surface area (Å²) in [5.41, 5.74) is 5.73. The molecule has 0 saturated carbocycles. The number of nitrogen functional groups attached to an aromatic ring is 1. The van der Waals surface area contributed by atoms with Crippen molar-refractivity contribution in [1.82, 2.24) is 4.37 Å². The van der Waals surface area contributed by atoms with E-state index in [1.54, 1.807) is 11.3 Å². The molecule has 8 heteroatoms. The van der Waals surface area contributed by atoms with Gasteiger partial charge in [-0.15, -0.1) is 11.3 Å². The van der Waals surface area contributed by atoms with Crippen LogP contribution in [0.1, 0.15) is 18.7 Å². The van der Waals surface area contributed by atoms with Crippen molar-refractivity contribution in [2.75, 3.05) is 16.9 Å².